The first-order chi connectivity index (χ1) is 9.70. The lowest BCUT2D eigenvalue weighted by atomic mass is 9.98. The van der Waals surface area contributed by atoms with Gasteiger partial charge in [-0.1, -0.05) is 6.92 Å². The van der Waals surface area contributed by atoms with Gasteiger partial charge in [-0.05, 0) is 55.3 Å². The lowest BCUT2D eigenvalue weighted by Crippen LogP contribution is -2.22. The van der Waals surface area contributed by atoms with Gasteiger partial charge < -0.3 is 5.32 Å². The fourth-order valence-corrected chi connectivity index (χ4v) is 2.26. The number of hydrogen-bond donors (Lipinski definition) is 1. The van der Waals surface area contributed by atoms with Crippen molar-refractivity contribution in [1.82, 2.24) is 10.3 Å². The molecule has 0 aliphatic rings. The summed E-state index contributed by atoms with van der Waals surface area (Å²) in [6.45, 7) is 2.66. The molecule has 0 bridgehead atoms. The number of aromatic nitrogens is 1. The molecule has 0 amide bonds. The van der Waals surface area contributed by atoms with Gasteiger partial charge in [0.05, 0.1) is 0 Å². The van der Waals surface area contributed by atoms with E-state index in [4.69, 9.17) is 0 Å². The first kappa shape index (κ1) is 14.6. The van der Waals surface area contributed by atoms with Gasteiger partial charge in [0, 0.05) is 24.0 Å². The number of hydrogen-bond acceptors (Lipinski definition) is 2. The maximum absolute atomic E-state index is 13.9. The van der Waals surface area contributed by atoms with Gasteiger partial charge in [-0.3, -0.25) is 4.98 Å². The van der Waals surface area contributed by atoms with Crippen molar-refractivity contribution in [3.8, 4) is 0 Å². The fraction of sp³-hybridized carbons (Fsp3) is 0.312. The Labute approximate surface area is 117 Å². The average Bonchev–Trinajstić information content (AvgIpc) is 2.47. The van der Waals surface area contributed by atoms with Crippen molar-refractivity contribution in [1.29, 1.82) is 0 Å². The number of rotatable bonds is 6. The maximum atomic E-state index is 13.9. The molecule has 1 heterocycles. The molecule has 0 saturated heterocycles. The van der Waals surface area contributed by atoms with Gasteiger partial charge in [0.15, 0.2) is 0 Å². The highest BCUT2D eigenvalue weighted by atomic mass is 19.1. The topological polar surface area (TPSA) is 24.9 Å². The highest BCUT2D eigenvalue weighted by Crippen LogP contribution is 2.23. The molecule has 2 rings (SSSR count). The van der Waals surface area contributed by atoms with Crippen molar-refractivity contribution in [2.45, 2.75) is 25.8 Å². The van der Waals surface area contributed by atoms with Crippen LogP contribution in [0.2, 0.25) is 0 Å². The van der Waals surface area contributed by atoms with E-state index < -0.39 is 5.82 Å². The summed E-state index contributed by atoms with van der Waals surface area (Å²) in [5, 5.41) is 3.21. The van der Waals surface area contributed by atoms with E-state index in [0.717, 1.165) is 18.1 Å². The first-order valence-electron chi connectivity index (χ1n) is 6.78. The van der Waals surface area contributed by atoms with Crippen molar-refractivity contribution >= 4 is 0 Å². The fourth-order valence-electron chi connectivity index (χ4n) is 2.26. The SMILES string of the molecule is CCNC(CCc1ccncc1)c1cc(F)ccc1F. The van der Waals surface area contributed by atoms with Gasteiger partial charge in [-0.15, -0.1) is 0 Å². The largest absolute Gasteiger partial charge is 0.310 e. The number of halogens is 2. The van der Waals surface area contributed by atoms with E-state index in [9.17, 15) is 8.78 Å². The molecule has 2 nitrogen and oxygen atoms in total. The Hall–Kier alpha value is -1.81. The summed E-state index contributed by atoms with van der Waals surface area (Å²) in [5.74, 6) is -0.778. The molecule has 106 valence electrons. The van der Waals surface area contributed by atoms with Crippen LogP contribution < -0.4 is 5.32 Å². The molecule has 0 aliphatic heterocycles. The third-order valence-corrected chi connectivity index (χ3v) is 3.26. The Morgan fingerprint density at radius 3 is 2.60 bits per heavy atom. The van der Waals surface area contributed by atoms with E-state index in [-0.39, 0.29) is 11.9 Å². The lowest BCUT2D eigenvalue weighted by molar-refractivity contribution is 0.479. The van der Waals surface area contributed by atoms with Crippen molar-refractivity contribution in [3.63, 3.8) is 0 Å². The summed E-state index contributed by atoms with van der Waals surface area (Å²) in [4.78, 5) is 3.97. The van der Waals surface area contributed by atoms with Crippen molar-refractivity contribution in [2.24, 2.45) is 0 Å². The van der Waals surface area contributed by atoms with Crippen LogP contribution in [0.1, 0.15) is 30.5 Å². The van der Waals surface area contributed by atoms with Crippen LogP contribution in [0.25, 0.3) is 0 Å². The summed E-state index contributed by atoms with van der Waals surface area (Å²) in [6, 6.07) is 7.28. The number of nitrogens with zero attached hydrogens (tertiary/aromatic N) is 1. The van der Waals surface area contributed by atoms with Gasteiger partial charge in [-0.2, -0.15) is 0 Å². The molecule has 20 heavy (non-hydrogen) atoms. The molecule has 4 heteroatoms. The van der Waals surface area contributed by atoms with Crippen LogP contribution in [0, 0.1) is 11.6 Å². The Morgan fingerprint density at radius 1 is 1.15 bits per heavy atom. The predicted molar refractivity (Wildman–Crippen MR) is 75.3 cm³/mol. The van der Waals surface area contributed by atoms with Crippen molar-refractivity contribution in [3.05, 3.63) is 65.5 Å². The number of aryl methyl sites for hydroxylation is 1. The molecule has 2 aromatic rings. The summed E-state index contributed by atoms with van der Waals surface area (Å²) in [6.07, 6.45) is 4.97. The lowest BCUT2D eigenvalue weighted by Gasteiger charge is -2.19. The number of nitrogens with one attached hydrogen (secondary N) is 1. The van der Waals surface area contributed by atoms with Crippen LogP contribution >= 0.6 is 0 Å². The van der Waals surface area contributed by atoms with Gasteiger partial charge in [0.1, 0.15) is 11.6 Å². The molecular formula is C16H18F2N2. The minimum Gasteiger partial charge on any atom is -0.310 e. The minimum atomic E-state index is -0.409. The van der Waals surface area contributed by atoms with Crippen LogP contribution in [0.5, 0.6) is 0 Å². The van der Waals surface area contributed by atoms with Crippen molar-refractivity contribution < 1.29 is 8.78 Å². The number of pyridine rings is 1. The second-order valence-corrected chi connectivity index (χ2v) is 4.67. The second kappa shape index (κ2) is 7.10. The van der Waals surface area contributed by atoms with Gasteiger partial charge in [-0.25, -0.2) is 8.78 Å². The second-order valence-electron chi connectivity index (χ2n) is 4.67. The normalized spacial score (nSPS) is 12.3. The summed E-state index contributed by atoms with van der Waals surface area (Å²) >= 11 is 0. The van der Waals surface area contributed by atoms with Gasteiger partial charge >= 0.3 is 0 Å². The molecule has 1 atom stereocenters. The smallest absolute Gasteiger partial charge is 0.128 e. The molecule has 1 unspecified atom stereocenters. The average molecular weight is 276 g/mol. The molecular weight excluding hydrogens is 258 g/mol. The van der Waals surface area contributed by atoms with Gasteiger partial charge in [0.25, 0.3) is 0 Å². The van der Waals surface area contributed by atoms with E-state index in [0.29, 0.717) is 18.5 Å². The Bertz CT molecular complexity index is 543. The maximum Gasteiger partial charge on any atom is 0.128 e. The molecule has 0 fully saturated rings. The first-order valence-corrected chi connectivity index (χ1v) is 6.78. The quantitative estimate of drug-likeness (QED) is 0.871. The van der Waals surface area contributed by atoms with Gasteiger partial charge in [0.2, 0.25) is 0 Å². The van der Waals surface area contributed by atoms with Crippen LogP contribution in [-0.2, 0) is 6.42 Å². The van der Waals surface area contributed by atoms with Crippen LogP contribution in [-0.4, -0.2) is 11.5 Å². The molecule has 0 saturated carbocycles. The Balaban J connectivity index is 2.12. The van der Waals surface area contributed by atoms with E-state index in [1.807, 2.05) is 19.1 Å². The van der Waals surface area contributed by atoms with E-state index >= 15 is 0 Å². The van der Waals surface area contributed by atoms with Crippen molar-refractivity contribution in [2.75, 3.05) is 6.54 Å². The van der Waals surface area contributed by atoms with E-state index in [2.05, 4.69) is 10.3 Å². The Kier molecular flexibility index (Phi) is 5.18. The minimum absolute atomic E-state index is 0.191. The zero-order chi connectivity index (χ0) is 14.4. The van der Waals surface area contributed by atoms with Crippen LogP contribution in [0.4, 0.5) is 8.78 Å². The summed E-state index contributed by atoms with van der Waals surface area (Å²) < 4.78 is 27.2. The third kappa shape index (κ3) is 3.84. The molecule has 1 N–H and O–H groups in total. The van der Waals surface area contributed by atoms with E-state index in [1.54, 1.807) is 12.4 Å². The Morgan fingerprint density at radius 2 is 1.90 bits per heavy atom. The van der Waals surface area contributed by atoms with Crippen LogP contribution in [0.3, 0.4) is 0 Å². The third-order valence-electron chi connectivity index (χ3n) is 3.26. The predicted octanol–water partition coefficient (Wildman–Crippen LogP) is 3.64. The zero-order valence-electron chi connectivity index (χ0n) is 11.4. The molecule has 1 aromatic heterocycles. The molecule has 0 aliphatic carbocycles. The highest BCUT2D eigenvalue weighted by molar-refractivity contribution is 5.23. The molecule has 0 radical (unpaired) electrons. The number of benzene rings is 1. The molecule has 1 aromatic carbocycles. The monoisotopic (exact) mass is 276 g/mol. The summed E-state index contributed by atoms with van der Waals surface area (Å²) in [7, 11) is 0. The van der Waals surface area contributed by atoms with Crippen LogP contribution in [0.15, 0.2) is 42.7 Å². The highest BCUT2D eigenvalue weighted by Gasteiger charge is 2.15. The summed E-state index contributed by atoms with van der Waals surface area (Å²) in [5.41, 5.74) is 1.53. The standard InChI is InChI=1S/C16H18F2N2/c1-2-20-16(6-3-12-7-9-19-10-8-12)14-11-13(17)4-5-15(14)18/h4-5,7-11,16,20H,2-3,6H2,1H3. The zero-order valence-corrected chi connectivity index (χ0v) is 11.4. The molecule has 0 spiro atoms. The van der Waals surface area contributed by atoms with E-state index in [1.165, 1.54) is 12.1 Å².